The summed E-state index contributed by atoms with van der Waals surface area (Å²) in [6.45, 7) is 0. The highest BCUT2D eigenvalue weighted by molar-refractivity contribution is 5.95. The molecule has 0 fully saturated rings. The molecule has 2 aromatic rings. The first-order valence-electron chi connectivity index (χ1n) is 6.07. The third kappa shape index (κ3) is 3.65. The van der Waals surface area contributed by atoms with E-state index in [-0.39, 0.29) is 12.3 Å². The fraction of sp³-hybridized carbons (Fsp3) is 0.133. The van der Waals surface area contributed by atoms with E-state index in [1.807, 2.05) is 6.07 Å². The number of hydrogen-bond donors (Lipinski definition) is 1. The smallest absolute Gasteiger partial charge is 0.337 e. The topological polar surface area (TPSA) is 68.3 Å². The second-order valence-electron chi connectivity index (χ2n) is 4.12. The SMILES string of the molecule is COC(=O)c1cccc(NC(=O)Cc2ccccn2)c1. The van der Waals surface area contributed by atoms with Gasteiger partial charge in [0.15, 0.2) is 0 Å². The maximum atomic E-state index is 11.9. The lowest BCUT2D eigenvalue weighted by atomic mass is 10.2. The van der Waals surface area contributed by atoms with Gasteiger partial charge in [0.1, 0.15) is 0 Å². The summed E-state index contributed by atoms with van der Waals surface area (Å²) in [5.41, 5.74) is 1.63. The van der Waals surface area contributed by atoms with Crippen molar-refractivity contribution in [2.45, 2.75) is 6.42 Å². The molecule has 20 heavy (non-hydrogen) atoms. The maximum Gasteiger partial charge on any atom is 0.337 e. The highest BCUT2D eigenvalue weighted by Crippen LogP contribution is 2.12. The van der Waals surface area contributed by atoms with Gasteiger partial charge in [-0.2, -0.15) is 0 Å². The molecule has 5 heteroatoms. The number of aromatic nitrogens is 1. The summed E-state index contributed by atoms with van der Waals surface area (Å²) in [5, 5.41) is 2.72. The van der Waals surface area contributed by atoms with E-state index in [4.69, 9.17) is 0 Å². The van der Waals surface area contributed by atoms with Gasteiger partial charge in [-0.05, 0) is 30.3 Å². The Morgan fingerprint density at radius 1 is 1.20 bits per heavy atom. The number of ether oxygens (including phenoxy) is 1. The predicted molar refractivity (Wildman–Crippen MR) is 74.4 cm³/mol. The van der Waals surface area contributed by atoms with Gasteiger partial charge in [0.05, 0.1) is 19.1 Å². The number of carbonyl (C=O) groups excluding carboxylic acids is 2. The van der Waals surface area contributed by atoms with Gasteiger partial charge < -0.3 is 10.1 Å². The quantitative estimate of drug-likeness (QED) is 0.863. The van der Waals surface area contributed by atoms with Crippen LogP contribution < -0.4 is 5.32 Å². The largest absolute Gasteiger partial charge is 0.465 e. The van der Waals surface area contributed by atoms with Gasteiger partial charge in [-0.1, -0.05) is 12.1 Å². The fourth-order valence-electron chi connectivity index (χ4n) is 1.71. The fourth-order valence-corrected chi connectivity index (χ4v) is 1.71. The number of nitrogens with zero attached hydrogens (tertiary/aromatic N) is 1. The first kappa shape index (κ1) is 13.7. The Morgan fingerprint density at radius 2 is 2.05 bits per heavy atom. The van der Waals surface area contributed by atoms with Crippen molar-refractivity contribution in [2.75, 3.05) is 12.4 Å². The van der Waals surface area contributed by atoms with Crippen molar-refractivity contribution < 1.29 is 14.3 Å². The van der Waals surface area contributed by atoms with Crippen molar-refractivity contribution in [2.24, 2.45) is 0 Å². The summed E-state index contributed by atoms with van der Waals surface area (Å²) in [6, 6.07) is 12.0. The minimum absolute atomic E-state index is 0.184. The second-order valence-corrected chi connectivity index (χ2v) is 4.12. The van der Waals surface area contributed by atoms with Crippen molar-refractivity contribution in [3.8, 4) is 0 Å². The predicted octanol–water partition coefficient (Wildman–Crippen LogP) is 2.05. The number of carbonyl (C=O) groups is 2. The third-order valence-electron chi connectivity index (χ3n) is 2.64. The summed E-state index contributed by atoms with van der Waals surface area (Å²) in [6.07, 6.45) is 1.82. The monoisotopic (exact) mass is 270 g/mol. The van der Waals surface area contributed by atoms with Crippen molar-refractivity contribution in [3.63, 3.8) is 0 Å². The van der Waals surface area contributed by atoms with E-state index in [1.165, 1.54) is 7.11 Å². The molecular weight excluding hydrogens is 256 g/mol. The highest BCUT2D eigenvalue weighted by atomic mass is 16.5. The molecule has 0 bridgehead atoms. The van der Waals surface area contributed by atoms with Crippen LogP contribution in [0.1, 0.15) is 16.1 Å². The van der Waals surface area contributed by atoms with Gasteiger partial charge in [0.25, 0.3) is 0 Å². The molecule has 0 aliphatic heterocycles. The molecule has 0 saturated carbocycles. The summed E-state index contributed by atoms with van der Waals surface area (Å²) >= 11 is 0. The van der Waals surface area contributed by atoms with Crippen molar-refractivity contribution in [3.05, 3.63) is 59.9 Å². The van der Waals surface area contributed by atoms with Gasteiger partial charge in [-0.15, -0.1) is 0 Å². The molecule has 5 nitrogen and oxygen atoms in total. The molecule has 1 heterocycles. The third-order valence-corrected chi connectivity index (χ3v) is 2.64. The lowest BCUT2D eigenvalue weighted by Crippen LogP contribution is -2.15. The van der Waals surface area contributed by atoms with Crippen molar-refractivity contribution in [1.29, 1.82) is 0 Å². The first-order chi connectivity index (χ1) is 9.69. The van der Waals surface area contributed by atoms with Crippen LogP contribution in [0.4, 0.5) is 5.69 Å². The Labute approximate surface area is 116 Å². The Kier molecular flexibility index (Phi) is 4.44. The molecule has 0 spiro atoms. The molecule has 1 aromatic heterocycles. The van der Waals surface area contributed by atoms with Crippen LogP contribution in [0.2, 0.25) is 0 Å². The summed E-state index contributed by atoms with van der Waals surface area (Å²) in [4.78, 5) is 27.3. The number of benzene rings is 1. The van der Waals surface area contributed by atoms with Gasteiger partial charge in [0.2, 0.25) is 5.91 Å². The number of methoxy groups -OCH3 is 1. The number of anilines is 1. The van der Waals surface area contributed by atoms with Crippen LogP contribution in [0.3, 0.4) is 0 Å². The lowest BCUT2D eigenvalue weighted by molar-refractivity contribution is -0.115. The van der Waals surface area contributed by atoms with E-state index in [9.17, 15) is 9.59 Å². The molecule has 0 unspecified atom stereocenters. The van der Waals surface area contributed by atoms with E-state index in [2.05, 4.69) is 15.0 Å². The molecule has 1 N–H and O–H groups in total. The maximum absolute atomic E-state index is 11.9. The van der Waals surface area contributed by atoms with E-state index in [0.29, 0.717) is 16.9 Å². The standard InChI is InChI=1S/C15H14N2O3/c1-20-15(19)11-5-4-7-13(9-11)17-14(18)10-12-6-2-3-8-16-12/h2-9H,10H2,1H3,(H,17,18). The first-order valence-corrected chi connectivity index (χ1v) is 6.07. The van der Waals surface area contributed by atoms with Gasteiger partial charge in [-0.3, -0.25) is 9.78 Å². The van der Waals surface area contributed by atoms with Crippen molar-refractivity contribution >= 4 is 17.6 Å². The molecule has 0 radical (unpaired) electrons. The Balaban J connectivity index is 2.03. The molecule has 1 aromatic carbocycles. The minimum atomic E-state index is -0.439. The van der Waals surface area contributed by atoms with Crippen LogP contribution in [0.15, 0.2) is 48.7 Å². The van der Waals surface area contributed by atoms with Crippen LogP contribution >= 0.6 is 0 Å². The van der Waals surface area contributed by atoms with E-state index in [1.54, 1.807) is 42.6 Å². The van der Waals surface area contributed by atoms with E-state index < -0.39 is 5.97 Å². The Hall–Kier alpha value is -2.69. The zero-order valence-corrected chi connectivity index (χ0v) is 11.0. The van der Waals surface area contributed by atoms with Crippen LogP contribution in [0.5, 0.6) is 0 Å². The van der Waals surface area contributed by atoms with E-state index in [0.717, 1.165) is 0 Å². The zero-order chi connectivity index (χ0) is 14.4. The van der Waals surface area contributed by atoms with Gasteiger partial charge in [-0.25, -0.2) is 4.79 Å². The van der Waals surface area contributed by atoms with Crippen LogP contribution in [-0.4, -0.2) is 24.0 Å². The highest BCUT2D eigenvalue weighted by Gasteiger charge is 2.08. The molecule has 102 valence electrons. The Morgan fingerprint density at radius 3 is 2.75 bits per heavy atom. The van der Waals surface area contributed by atoms with Crippen LogP contribution in [0, 0.1) is 0 Å². The van der Waals surface area contributed by atoms with Gasteiger partial charge in [0, 0.05) is 17.6 Å². The summed E-state index contributed by atoms with van der Waals surface area (Å²) < 4.78 is 4.63. The lowest BCUT2D eigenvalue weighted by Gasteiger charge is -2.06. The average molecular weight is 270 g/mol. The summed E-state index contributed by atoms with van der Waals surface area (Å²) in [5.74, 6) is -0.628. The zero-order valence-electron chi connectivity index (χ0n) is 11.0. The summed E-state index contributed by atoms with van der Waals surface area (Å²) in [7, 11) is 1.31. The van der Waals surface area contributed by atoms with Gasteiger partial charge >= 0.3 is 5.97 Å². The normalized spacial score (nSPS) is 9.85. The number of amides is 1. The molecule has 0 atom stereocenters. The Bertz CT molecular complexity index is 612. The molecule has 2 rings (SSSR count). The molecule has 0 aliphatic carbocycles. The average Bonchev–Trinajstić information content (AvgIpc) is 2.47. The number of rotatable bonds is 4. The number of nitrogens with one attached hydrogen (secondary N) is 1. The van der Waals surface area contributed by atoms with E-state index >= 15 is 0 Å². The minimum Gasteiger partial charge on any atom is -0.465 e. The second kappa shape index (κ2) is 6.47. The van der Waals surface area contributed by atoms with Crippen molar-refractivity contribution in [1.82, 2.24) is 4.98 Å². The number of esters is 1. The van der Waals surface area contributed by atoms with Crippen LogP contribution in [0.25, 0.3) is 0 Å². The molecular formula is C15H14N2O3. The molecule has 0 aliphatic rings. The van der Waals surface area contributed by atoms with Crippen LogP contribution in [-0.2, 0) is 16.0 Å². The number of pyridine rings is 1. The number of hydrogen-bond acceptors (Lipinski definition) is 4. The molecule has 1 amide bonds. The molecule has 0 saturated heterocycles.